The van der Waals surface area contributed by atoms with E-state index in [-0.39, 0.29) is 25.9 Å². The van der Waals surface area contributed by atoms with E-state index in [1.54, 1.807) is 27.7 Å². The van der Waals surface area contributed by atoms with Gasteiger partial charge in [0.25, 0.3) is 10.1 Å². The molecule has 29 heavy (non-hydrogen) atoms. The number of hydrogen-bond donors (Lipinski definition) is 1. The number of carbonyl (C=O) groups excluding carboxylic acids is 3. The minimum atomic E-state index is -4.13. The lowest BCUT2D eigenvalue weighted by Crippen LogP contribution is -2.37. The highest BCUT2D eigenvalue weighted by Crippen LogP contribution is 2.38. The second-order valence-electron chi connectivity index (χ2n) is 7.77. The summed E-state index contributed by atoms with van der Waals surface area (Å²) in [5.41, 5.74) is -2.09. The zero-order valence-corrected chi connectivity index (χ0v) is 18.5. The second-order valence-corrected chi connectivity index (χ2v) is 9.35. The maximum absolute atomic E-state index is 12.6. The van der Waals surface area contributed by atoms with Gasteiger partial charge in [-0.3, -0.25) is 18.9 Å². The Morgan fingerprint density at radius 1 is 1.14 bits per heavy atom. The summed E-state index contributed by atoms with van der Waals surface area (Å²) >= 11 is 0. The van der Waals surface area contributed by atoms with Gasteiger partial charge >= 0.3 is 17.9 Å². The van der Waals surface area contributed by atoms with Crippen LogP contribution in [-0.4, -0.2) is 50.3 Å². The average Bonchev–Trinajstić information content (AvgIpc) is 2.62. The van der Waals surface area contributed by atoms with E-state index in [2.05, 4.69) is 6.58 Å². The molecule has 0 amide bonds. The lowest BCUT2D eigenvalue weighted by Gasteiger charge is -2.32. The Morgan fingerprint density at radius 3 is 2.17 bits per heavy atom. The first-order valence-electron chi connectivity index (χ1n) is 9.24. The van der Waals surface area contributed by atoms with Crippen LogP contribution in [0.25, 0.3) is 0 Å². The van der Waals surface area contributed by atoms with Gasteiger partial charge in [-0.25, -0.2) is 0 Å². The van der Waals surface area contributed by atoms with Gasteiger partial charge in [0.15, 0.2) is 0 Å². The van der Waals surface area contributed by atoms with Crippen LogP contribution in [0.3, 0.4) is 0 Å². The van der Waals surface area contributed by atoms with Crippen LogP contribution in [0.1, 0.15) is 53.4 Å². The van der Waals surface area contributed by atoms with Gasteiger partial charge in [-0.15, -0.1) is 0 Å². The summed E-state index contributed by atoms with van der Waals surface area (Å²) in [5.74, 6) is -3.03. The fraction of sp³-hybridized carbons (Fsp3) is 0.737. The molecule has 1 N–H and O–H groups in total. The summed E-state index contributed by atoms with van der Waals surface area (Å²) in [4.78, 5) is 37.0. The van der Waals surface area contributed by atoms with Crippen LogP contribution in [0.5, 0.6) is 0 Å². The summed E-state index contributed by atoms with van der Waals surface area (Å²) in [6.45, 7) is 9.77. The van der Waals surface area contributed by atoms with Gasteiger partial charge < -0.3 is 14.2 Å². The van der Waals surface area contributed by atoms with Crippen molar-refractivity contribution < 1.29 is 41.6 Å². The van der Waals surface area contributed by atoms with E-state index in [0.29, 0.717) is 6.42 Å². The monoisotopic (exact) mass is 436 g/mol. The zero-order chi connectivity index (χ0) is 22.9. The van der Waals surface area contributed by atoms with Crippen molar-refractivity contribution in [1.82, 2.24) is 0 Å². The van der Waals surface area contributed by atoms with E-state index >= 15 is 0 Å². The predicted molar refractivity (Wildman–Crippen MR) is 105 cm³/mol. The molecule has 2 unspecified atom stereocenters. The Morgan fingerprint density at radius 2 is 1.72 bits per heavy atom. The summed E-state index contributed by atoms with van der Waals surface area (Å²) in [6, 6.07) is 0. The van der Waals surface area contributed by atoms with E-state index in [9.17, 15) is 22.8 Å². The number of esters is 3. The summed E-state index contributed by atoms with van der Waals surface area (Å²) in [7, 11) is -2.91. The lowest BCUT2D eigenvalue weighted by molar-refractivity contribution is -0.159. The molecule has 0 aliphatic carbocycles. The normalized spacial score (nSPS) is 15.0. The van der Waals surface area contributed by atoms with Crippen molar-refractivity contribution in [3.63, 3.8) is 0 Å². The molecule has 0 aliphatic heterocycles. The van der Waals surface area contributed by atoms with Crippen LogP contribution in [0.2, 0.25) is 0 Å². The summed E-state index contributed by atoms with van der Waals surface area (Å²) in [6.07, 6.45) is 1.45. The quantitative estimate of drug-likeness (QED) is 0.152. The standard InChI is InChI=1S/C19H32O9S/c1-7-19(5,17(22)28-10-9-11-29(23,24)25)13-14(15(20)26-6)12-18(3,4)16(21)27-8-2/h8,14H,2,7,9-13H2,1,3-6H3,(H,23,24,25). The molecule has 0 saturated carbocycles. The van der Waals surface area contributed by atoms with Gasteiger partial charge in [0.05, 0.1) is 42.5 Å². The molecule has 0 heterocycles. The first-order chi connectivity index (χ1) is 13.2. The van der Waals surface area contributed by atoms with E-state index < -0.39 is 50.5 Å². The van der Waals surface area contributed by atoms with E-state index in [1.165, 1.54) is 7.11 Å². The molecule has 0 aromatic heterocycles. The SMILES string of the molecule is C=COC(=O)C(C)(C)CC(CC(C)(CC)C(=O)OCCCS(=O)(=O)O)C(=O)OC. The lowest BCUT2D eigenvalue weighted by atomic mass is 9.73. The van der Waals surface area contributed by atoms with Crippen LogP contribution in [-0.2, 0) is 38.7 Å². The van der Waals surface area contributed by atoms with E-state index in [1.807, 2.05) is 0 Å². The Hall–Kier alpha value is -1.94. The Labute approximate surface area is 172 Å². The summed E-state index contributed by atoms with van der Waals surface area (Å²) in [5, 5.41) is 0. The Bertz CT molecular complexity index is 696. The number of rotatable bonds is 13. The van der Waals surface area contributed by atoms with Crippen molar-refractivity contribution in [3.8, 4) is 0 Å². The van der Waals surface area contributed by atoms with Gasteiger partial charge in [0.1, 0.15) is 0 Å². The molecule has 10 heteroatoms. The second kappa shape index (κ2) is 11.3. The van der Waals surface area contributed by atoms with E-state index in [0.717, 1.165) is 6.26 Å². The highest BCUT2D eigenvalue weighted by atomic mass is 32.2. The highest BCUT2D eigenvalue weighted by molar-refractivity contribution is 7.85. The molecule has 0 radical (unpaired) electrons. The molecular weight excluding hydrogens is 404 g/mol. The minimum Gasteiger partial charge on any atom is -0.469 e. The predicted octanol–water partition coefficient (Wildman–Crippen LogP) is 2.51. The highest BCUT2D eigenvalue weighted by Gasteiger charge is 2.42. The van der Waals surface area contributed by atoms with Crippen LogP contribution < -0.4 is 0 Å². The van der Waals surface area contributed by atoms with E-state index in [4.69, 9.17) is 18.8 Å². The van der Waals surface area contributed by atoms with Crippen LogP contribution in [0.15, 0.2) is 12.8 Å². The molecule has 0 bridgehead atoms. The maximum Gasteiger partial charge on any atom is 0.316 e. The molecule has 0 fully saturated rings. The molecule has 0 rings (SSSR count). The Balaban J connectivity index is 5.29. The third-order valence-electron chi connectivity index (χ3n) is 4.78. The number of methoxy groups -OCH3 is 1. The van der Waals surface area contributed by atoms with Gasteiger partial charge in [0, 0.05) is 0 Å². The molecular formula is C19H32O9S. The minimum absolute atomic E-state index is 0.0504. The van der Waals surface area contributed by atoms with Crippen LogP contribution in [0, 0.1) is 16.7 Å². The topological polar surface area (TPSA) is 133 Å². The fourth-order valence-electron chi connectivity index (χ4n) is 2.84. The third kappa shape index (κ3) is 9.40. The Kier molecular flexibility index (Phi) is 10.5. The van der Waals surface area contributed by atoms with Gasteiger partial charge in [0.2, 0.25) is 0 Å². The first kappa shape index (κ1) is 27.1. The number of hydrogen-bond acceptors (Lipinski definition) is 8. The molecule has 0 aliphatic rings. The molecule has 9 nitrogen and oxygen atoms in total. The number of carbonyl (C=O) groups is 3. The largest absolute Gasteiger partial charge is 0.469 e. The van der Waals surface area contributed by atoms with Crippen molar-refractivity contribution in [2.24, 2.45) is 16.7 Å². The maximum atomic E-state index is 12.6. The van der Waals surface area contributed by atoms with Crippen molar-refractivity contribution in [2.45, 2.75) is 53.4 Å². The van der Waals surface area contributed by atoms with Gasteiger partial charge in [-0.05, 0) is 46.5 Å². The zero-order valence-electron chi connectivity index (χ0n) is 17.7. The van der Waals surface area contributed by atoms with Gasteiger partial charge in [-0.1, -0.05) is 13.5 Å². The average molecular weight is 437 g/mol. The fourth-order valence-corrected chi connectivity index (χ4v) is 3.32. The third-order valence-corrected chi connectivity index (χ3v) is 5.59. The molecule has 2 atom stereocenters. The molecule has 0 saturated heterocycles. The van der Waals surface area contributed by atoms with Crippen molar-refractivity contribution in [1.29, 1.82) is 0 Å². The van der Waals surface area contributed by atoms with Crippen LogP contribution in [0.4, 0.5) is 0 Å². The van der Waals surface area contributed by atoms with Crippen LogP contribution >= 0.6 is 0 Å². The summed E-state index contributed by atoms with van der Waals surface area (Å²) < 4.78 is 45.0. The number of ether oxygens (including phenoxy) is 3. The first-order valence-corrected chi connectivity index (χ1v) is 10.9. The van der Waals surface area contributed by atoms with Gasteiger partial charge in [-0.2, -0.15) is 8.42 Å². The smallest absolute Gasteiger partial charge is 0.316 e. The molecule has 0 aromatic rings. The van der Waals surface area contributed by atoms with Crippen molar-refractivity contribution in [3.05, 3.63) is 12.8 Å². The molecule has 0 aromatic carbocycles. The van der Waals surface area contributed by atoms with Crippen molar-refractivity contribution in [2.75, 3.05) is 19.5 Å². The molecule has 0 spiro atoms. The van der Waals surface area contributed by atoms with Crippen molar-refractivity contribution >= 4 is 28.0 Å². The molecule has 168 valence electrons.